The predicted octanol–water partition coefficient (Wildman–Crippen LogP) is 0.385. The van der Waals surface area contributed by atoms with Crippen LogP contribution in [-0.4, -0.2) is 15.1 Å². The van der Waals surface area contributed by atoms with Crippen molar-refractivity contribution < 1.29 is 4.92 Å². The number of rotatable bonds is 1. The fraction of sp³-hybridized carbons (Fsp3) is 0. The topological polar surface area (TPSA) is 126 Å². The van der Waals surface area contributed by atoms with E-state index >= 15 is 0 Å². The number of nitrogen functional groups attached to an aromatic ring is 1. The highest BCUT2D eigenvalue weighted by Crippen LogP contribution is 2.29. The molecule has 1 heterocycles. The molecule has 0 bridgehead atoms. The summed E-state index contributed by atoms with van der Waals surface area (Å²) in [5.41, 5.74) is 4.57. The number of H-pyrrole nitrogens is 1. The molecule has 1 rings (SSSR count). The van der Waals surface area contributed by atoms with Crippen LogP contribution >= 0.6 is 0 Å². The van der Waals surface area contributed by atoms with E-state index in [0.29, 0.717) is 0 Å². The summed E-state index contributed by atoms with van der Waals surface area (Å²) < 4.78 is 0. The maximum absolute atomic E-state index is 10.2. The first-order chi connectivity index (χ1) is 5.16. The lowest BCUT2D eigenvalue weighted by Crippen LogP contribution is -1.92. The van der Waals surface area contributed by atoms with E-state index in [1.54, 1.807) is 0 Å². The van der Waals surface area contributed by atoms with Gasteiger partial charge in [0.15, 0.2) is 0 Å². The normalized spacial score (nSPS) is 9.00. The molecule has 8 nitrogen and oxygen atoms in total. The Bertz CT molecular complexity index is 334. The standard InChI is InChI=1S/C3H2N6O2/c4-2-1(9(10)11)3(6-5)8-7-2/h4-5H/p+1. The number of diazo groups is 1. The van der Waals surface area contributed by atoms with Crippen LogP contribution in [-0.2, 0) is 0 Å². The molecule has 0 fully saturated rings. The van der Waals surface area contributed by atoms with Crippen LogP contribution in [0.2, 0.25) is 0 Å². The van der Waals surface area contributed by atoms with Crippen molar-refractivity contribution in [2.24, 2.45) is 0 Å². The van der Waals surface area contributed by atoms with Gasteiger partial charge in [0, 0.05) is 4.98 Å². The Morgan fingerprint density at radius 3 is 2.82 bits per heavy atom. The van der Waals surface area contributed by atoms with Gasteiger partial charge in [0.25, 0.3) is 0 Å². The van der Waals surface area contributed by atoms with E-state index in [9.17, 15) is 10.1 Å². The number of nitrogens with one attached hydrogen (secondary N) is 1. The second-order valence-electron chi connectivity index (χ2n) is 1.67. The van der Waals surface area contributed by atoms with E-state index in [4.69, 9.17) is 11.1 Å². The second kappa shape index (κ2) is 2.22. The molecule has 0 radical (unpaired) electrons. The summed E-state index contributed by atoms with van der Waals surface area (Å²) in [5.74, 6) is -0.657. The van der Waals surface area contributed by atoms with Gasteiger partial charge < -0.3 is 5.73 Å². The summed E-state index contributed by atoms with van der Waals surface area (Å²) in [5, 5.41) is 23.7. The highest BCUT2D eigenvalue weighted by molar-refractivity contribution is 5.68. The third-order valence-corrected chi connectivity index (χ3v) is 1.03. The van der Waals surface area contributed by atoms with Crippen LogP contribution in [0.4, 0.5) is 17.3 Å². The Balaban J connectivity index is 3.32. The van der Waals surface area contributed by atoms with Crippen molar-refractivity contribution in [1.29, 1.82) is 5.39 Å². The molecule has 1 aromatic heterocycles. The third-order valence-electron chi connectivity index (χ3n) is 1.03. The van der Waals surface area contributed by atoms with Crippen molar-refractivity contribution in [2.45, 2.75) is 0 Å². The van der Waals surface area contributed by atoms with Gasteiger partial charge in [-0.3, -0.25) is 10.1 Å². The summed E-state index contributed by atoms with van der Waals surface area (Å²) in [7, 11) is 0. The molecule has 0 spiro atoms. The van der Waals surface area contributed by atoms with Crippen molar-refractivity contribution in [3.8, 4) is 0 Å². The van der Waals surface area contributed by atoms with Crippen LogP contribution in [0.3, 0.4) is 0 Å². The molecule has 3 N–H and O–H groups in total. The molecule has 1 aromatic rings. The van der Waals surface area contributed by atoms with E-state index in [-0.39, 0.29) is 5.82 Å². The molecule has 0 saturated heterocycles. The van der Waals surface area contributed by atoms with Crippen molar-refractivity contribution >= 4 is 17.3 Å². The number of nitro groups is 1. The molecule has 0 saturated carbocycles. The van der Waals surface area contributed by atoms with Crippen LogP contribution in [0.5, 0.6) is 0 Å². The lowest BCUT2D eigenvalue weighted by Gasteiger charge is -1.79. The zero-order chi connectivity index (χ0) is 8.43. The summed E-state index contributed by atoms with van der Waals surface area (Å²) >= 11 is 0. The van der Waals surface area contributed by atoms with Gasteiger partial charge in [0.2, 0.25) is 5.82 Å². The highest BCUT2D eigenvalue weighted by Gasteiger charge is 2.33. The average molecular weight is 155 g/mol. The van der Waals surface area contributed by atoms with Gasteiger partial charge in [-0.1, -0.05) is 0 Å². The van der Waals surface area contributed by atoms with Crippen LogP contribution in [0.1, 0.15) is 0 Å². The van der Waals surface area contributed by atoms with Gasteiger partial charge in [-0.15, -0.1) is 0 Å². The minimum absolute atomic E-state index is 0.234. The summed E-state index contributed by atoms with van der Waals surface area (Å²) in [6.45, 7) is 0. The molecule has 8 heteroatoms. The van der Waals surface area contributed by atoms with Gasteiger partial charge in [0.1, 0.15) is 0 Å². The van der Waals surface area contributed by atoms with Crippen molar-refractivity contribution in [1.82, 2.24) is 10.2 Å². The van der Waals surface area contributed by atoms with E-state index in [2.05, 4.69) is 15.2 Å². The molecule has 56 valence electrons. The molecule has 0 aliphatic carbocycles. The summed E-state index contributed by atoms with van der Waals surface area (Å²) in [6, 6.07) is 0. The van der Waals surface area contributed by atoms with Crippen LogP contribution < -0.4 is 5.73 Å². The molecule has 0 unspecified atom stereocenters. The molecular formula is C3H3N6O2+. The molecular weight excluding hydrogens is 152 g/mol. The lowest BCUT2D eigenvalue weighted by molar-refractivity contribution is -0.382. The summed E-state index contributed by atoms with van der Waals surface area (Å²) in [4.78, 5) is 11.9. The fourth-order valence-electron chi connectivity index (χ4n) is 0.589. The van der Waals surface area contributed by atoms with Crippen molar-refractivity contribution in [3.63, 3.8) is 0 Å². The minimum atomic E-state index is -0.784. The Morgan fingerprint density at radius 1 is 1.82 bits per heavy atom. The third kappa shape index (κ3) is 0.940. The largest absolute Gasteiger partial charge is 0.567 e. The maximum Gasteiger partial charge on any atom is 0.567 e. The highest BCUT2D eigenvalue weighted by atomic mass is 16.6. The lowest BCUT2D eigenvalue weighted by atomic mass is 10.5. The number of nitrogens with zero attached hydrogens (tertiary/aromatic N) is 4. The molecule has 11 heavy (non-hydrogen) atoms. The van der Waals surface area contributed by atoms with Gasteiger partial charge in [0.05, 0.1) is 15.4 Å². The Morgan fingerprint density at radius 2 is 2.45 bits per heavy atom. The number of anilines is 1. The Labute approximate surface area is 59.8 Å². The number of aromatic nitrogens is 2. The average Bonchev–Trinajstić information content (AvgIpc) is 2.30. The minimum Gasteiger partial charge on any atom is -0.377 e. The van der Waals surface area contributed by atoms with Crippen LogP contribution in [0, 0.1) is 15.5 Å². The first-order valence-corrected chi connectivity index (χ1v) is 2.50. The zero-order valence-corrected chi connectivity index (χ0v) is 5.18. The van der Waals surface area contributed by atoms with Gasteiger partial charge in [-0.05, 0) is 0 Å². The quantitative estimate of drug-likeness (QED) is 0.344. The first-order valence-electron chi connectivity index (χ1n) is 2.50. The molecule has 0 aromatic carbocycles. The second-order valence-corrected chi connectivity index (χ2v) is 1.67. The fourth-order valence-corrected chi connectivity index (χ4v) is 0.589. The van der Waals surface area contributed by atoms with Crippen molar-refractivity contribution in [2.75, 3.05) is 5.73 Å². The molecule has 0 atom stereocenters. The number of aromatic amines is 1. The van der Waals surface area contributed by atoms with E-state index in [1.165, 1.54) is 0 Å². The summed E-state index contributed by atoms with van der Waals surface area (Å²) in [6.07, 6.45) is 0. The molecule has 0 aliphatic heterocycles. The Kier molecular flexibility index (Phi) is 1.40. The van der Waals surface area contributed by atoms with E-state index in [0.717, 1.165) is 0 Å². The van der Waals surface area contributed by atoms with Gasteiger partial charge in [-0.2, -0.15) is 5.10 Å². The van der Waals surface area contributed by atoms with E-state index in [1.807, 2.05) is 0 Å². The molecule has 0 aliphatic rings. The SMILES string of the molecule is N#[N+]c1n[nH]c(N)c1[N+](=O)[O-]. The first kappa shape index (κ1) is 6.94. The Hall–Kier alpha value is -2.17. The molecule has 0 amide bonds. The monoisotopic (exact) mass is 155 g/mol. The zero-order valence-electron chi connectivity index (χ0n) is 5.18. The van der Waals surface area contributed by atoms with E-state index < -0.39 is 16.4 Å². The van der Waals surface area contributed by atoms with Crippen LogP contribution in [0.15, 0.2) is 0 Å². The predicted molar refractivity (Wildman–Crippen MR) is 34.4 cm³/mol. The number of nitrogens with two attached hydrogens (primary N) is 1. The van der Waals surface area contributed by atoms with Gasteiger partial charge in [-0.25, -0.2) is 0 Å². The number of hydrogen-bond donors (Lipinski definition) is 2. The maximum atomic E-state index is 10.2. The number of hydrogen-bond acceptors (Lipinski definition) is 5. The van der Waals surface area contributed by atoms with Crippen molar-refractivity contribution in [3.05, 3.63) is 15.1 Å². The van der Waals surface area contributed by atoms with Gasteiger partial charge >= 0.3 is 11.5 Å². The van der Waals surface area contributed by atoms with Crippen LogP contribution in [0.25, 0.3) is 4.98 Å². The smallest absolute Gasteiger partial charge is 0.377 e.